The summed E-state index contributed by atoms with van der Waals surface area (Å²) in [7, 11) is 0. The fraction of sp³-hybridized carbons (Fsp3) is 0. The van der Waals surface area contributed by atoms with E-state index in [1.807, 2.05) is 0 Å². The quantitative estimate of drug-likeness (QED) is 0.150. The molecule has 13 aromatic rings. The highest BCUT2D eigenvalue weighted by Crippen LogP contribution is 2.41. The maximum Gasteiger partial charge on any atom is 0.160 e. The van der Waals surface area contributed by atoms with Gasteiger partial charge in [0.15, 0.2) is 5.82 Å². The van der Waals surface area contributed by atoms with Gasteiger partial charge in [-0.05, 0) is 114 Å². The summed E-state index contributed by atoms with van der Waals surface area (Å²) >= 11 is 0. The predicted octanol–water partition coefficient (Wildman–Crippen LogP) is 16.4. The summed E-state index contributed by atoms with van der Waals surface area (Å²) < 4.78 is 2.30. The van der Waals surface area contributed by atoms with Crippen LogP contribution in [0.25, 0.3) is 127 Å². The molecule has 0 bridgehead atoms. The third-order valence-electron chi connectivity index (χ3n) is 13.2. The van der Waals surface area contributed by atoms with Gasteiger partial charge in [0.05, 0.1) is 22.4 Å². The summed E-state index contributed by atoms with van der Waals surface area (Å²) in [6.45, 7) is 0. The Morgan fingerprint density at radius 1 is 0.284 bits per heavy atom. The largest absolute Gasteiger partial charge is 0.292 e. The van der Waals surface area contributed by atoms with Crippen LogP contribution < -0.4 is 0 Å². The minimum Gasteiger partial charge on any atom is -0.292 e. The van der Waals surface area contributed by atoms with Gasteiger partial charge in [-0.3, -0.25) is 4.57 Å². The summed E-state index contributed by atoms with van der Waals surface area (Å²) in [6.07, 6.45) is 0. The molecule has 0 aliphatic carbocycles. The van der Waals surface area contributed by atoms with Crippen LogP contribution in [0, 0.1) is 0 Å². The Balaban J connectivity index is 1.04. The van der Waals surface area contributed by atoms with Crippen molar-refractivity contribution in [1.82, 2.24) is 19.5 Å². The molecular formula is C63H40N4. The van der Waals surface area contributed by atoms with Crippen LogP contribution in [0.1, 0.15) is 0 Å². The van der Waals surface area contributed by atoms with E-state index in [2.05, 4.69) is 247 Å². The van der Waals surface area contributed by atoms with Gasteiger partial charge in [0, 0.05) is 33.5 Å². The Labute approximate surface area is 387 Å². The minimum absolute atomic E-state index is 0.657. The van der Waals surface area contributed by atoms with E-state index in [9.17, 15) is 0 Å². The number of aromatic nitrogens is 4. The number of imidazole rings is 1. The number of nitrogens with zero attached hydrogens (tertiary/aromatic N) is 4. The molecule has 0 unspecified atom stereocenters. The second-order valence-electron chi connectivity index (χ2n) is 17.2. The molecule has 2 aromatic heterocycles. The number of hydrogen-bond acceptors (Lipinski definition) is 3. The molecule has 0 aliphatic heterocycles. The van der Waals surface area contributed by atoms with E-state index < -0.39 is 0 Å². The number of rotatable bonds is 7. The Morgan fingerprint density at radius 3 is 1.30 bits per heavy atom. The molecule has 0 N–H and O–H groups in total. The van der Waals surface area contributed by atoms with Crippen LogP contribution >= 0.6 is 0 Å². The lowest BCUT2D eigenvalue weighted by Crippen LogP contribution is -2.00. The normalized spacial score (nSPS) is 11.6. The van der Waals surface area contributed by atoms with Crippen LogP contribution in [0.5, 0.6) is 0 Å². The van der Waals surface area contributed by atoms with Crippen LogP contribution in [0.15, 0.2) is 243 Å². The van der Waals surface area contributed by atoms with E-state index in [-0.39, 0.29) is 0 Å². The fourth-order valence-corrected chi connectivity index (χ4v) is 10.00. The van der Waals surface area contributed by atoms with Crippen LogP contribution in [0.3, 0.4) is 0 Å². The highest BCUT2D eigenvalue weighted by atomic mass is 15.1. The molecule has 0 fully saturated rings. The molecule has 0 amide bonds. The van der Waals surface area contributed by atoms with Crippen molar-refractivity contribution in [3.05, 3.63) is 243 Å². The number of benzene rings is 11. The van der Waals surface area contributed by atoms with Gasteiger partial charge in [0.1, 0.15) is 5.82 Å². The SMILES string of the molecule is c1ccc(-c2cc(-c3ccccc3)c3nc(-c4ccccc4)n(-c4ccc(-c5nc(-c6cc7ccccc7c7ccccc67)cc(-c6cc7ccccc7c7ccccc67)n5)cc4)c3c2)cc1. The summed E-state index contributed by atoms with van der Waals surface area (Å²) in [5.41, 5.74) is 13.3. The van der Waals surface area contributed by atoms with E-state index in [4.69, 9.17) is 15.0 Å². The van der Waals surface area contributed by atoms with Gasteiger partial charge in [-0.15, -0.1) is 0 Å². The zero-order valence-electron chi connectivity index (χ0n) is 36.4. The molecule has 312 valence electrons. The van der Waals surface area contributed by atoms with Crippen molar-refractivity contribution in [2.24, 2.45) is 0 Å². The lowest BCUT2D eigenvalue weighted by Gasteiger charge is -2.15. The molecule has 13 rings (SSSR count). The second-order valence-corrected chi connectivity index (χ2v) is 17.2. The molecule has 0 saturated heterocycles. The van der Waals surface area contributed by atoms with Crippen LogP contribution in [-0.4, -0.2) is 19.5 Å². The molecule has 0 radical (unpaired) electrons. The first-order valence-electron chi connectivity index (χ1n) is 22.8. The van der Waals surface area contributed by atoms with E-state index in [1.165, 1.54) is 32.3 Å². The van der Waals surface area contributed by atoms with Crippen LogP contribution in [0.4, 0.5) is 0 Å². The van der Waals surface area contributed by atoms with Crippen molar-refractivity contribution in [3.63, 3.8) is 0 Å². The zero-order valence-corrected chi connectivity index (χ0v) is 36.4. The van der Waals surface area contributed by atoms with Crippen molar-refractivity contribution in [3.8, 4) is 73.2 Å². The first-order chi connectivity index (χ1) is 33.2. The topological polar surface area (TPSA) is 43.6 Å². The zero-order chi connectivity index (χ0) is 44.3. The van der Waals surface area contributed by atoms with Gasteiger partial charge in [-0.25, -0.2) is 15.0 Å². The highest BCUT2D eigenvalue weighted by molar-refractivity contribution is 6.15. The number of hydrogen-bond donors (Lipinski definition) is 0. The summed E-state index contributed by atoms with van der Waals surface area (Å²) in [4.78, 5) is 16.4. The van der Waals surface area contributed by atoms with E-state index in [1.54, 1.807) is 0 Å². The van der Waals surface area contributed by atoms with Gasteiger partial charge in [0.25, 0.3) is 0 Å². The molecule has 11 aromatic carbocycles. The predicted molar refractivity (Wildman–Crippen MR) is 279 cm³/mol. The average Bonchev–Trinajstić information content (AvgIpc) is 3.80. The Morgan fingerprint density at radius 2 is 0.746 bits per heavy atom. The maximum absolute atomic E-state index is 5.47. The smallest absolute Gasteiger partial charge is 0.160 e. The molecular weight excluding hydrogens is 813 g/mol. The first kappa shape index (κ1) is 38.5. The van der Waals surface area contributed by atoms with Crippen molar-refractivity contribution in [2.45, 2.75) is 0 Å². The molecule has 0 spiro atoms. The van der Waals surface area contributed by atoms with Crippen molar-refractivity contribution in [1.29, 1.82) is 0 Å². The first-order valence-corrected chi connectivity index (χ1v) is 22.8. The van der Waals surface area contributed by atoms with Gasteiger partial charge < -0.3 is 0 Å². The van der Waals surface area contributed by atoms with Gasteiger partial charge in [0.2, 0.25) is 0 Å². The molecule has 4 heteroatoms. The van der Waals surface area contributed by atoms with Crippen molar-refractivity contribution < 1.29 is 0 Å². The van der Waals surface area contributed by atoms with Crippen molar-refractivity contribution in [2.75, 3.05) is 0 Å². The molecule has 0 aliphatic rings. The number of fused-ring (bicyclic) bond motifs is 7. The third-order valence-corrected chi connectivity index (χ3v) is 13.2. The fourth-order valence-electron chi connectivity index (χ4n) is 10.00. The monoisotopic (exact) mass is 852 g/mol. The molecule has 0 saturated carbocycles. The summed E-state index contributed by atoms with van der Waals surface area (Å²) in [5.74, 6) is 1.53. The molecule has 67 heavy (non-hydrogen) atoms. The molecule has 4 nitrogen and oxygen atoms in total. The van der Waals surface area contributed by atoms with E-state index in [0.29, 0.717) is 5.82 Å². The summed E-state index contributed by atoms with van der Waals surface area (Å²) in [5, 5.41) is 9.50. The average molecular weight is 853 g/mol. The molecule has 2 heterocycles. The lowest BCUT2D eigenvalue weighted by atomic mass is 9.93. The van der Waals surface area contributed by atoms with Crippen LogP contribution in [0.2, 0.25) is 0 Å². The Kier molecular flexibility index (Phi) is 9.14. The minimum atomic E-state index is 0.657. The van der Waals surface area contributed by atoms with Gasteiger partial charge >= 0.3 is 0 Å². The Hall–Kier alpha value is -8.99. The highest BCUT2D eigenvalue weighted by Gasteiger charge is 2.21. The van der Waals surface area contributed by atoms with E-state index in [0.717, 1.165) is 89.2 Å². The Bertz CT molecular complexity index is 3870. The summed E-state index contributed by atoms with van der Waals surface area (Å²) in [6, 6.07) is 86.3. The van der Waals surface area contributed by atoms with Crippen LogP contribution in [-0.2, 0) is 0 Å². The van der Waals surface area contributed by atoms with Gasteiger partial charge in [-0.2, -0.15) is 0 Å². The van der Waals surface area contributed by atoms with Crippen molar-refractivity contribution >= 4 is 54.1 Å². The molecule has 0 atom stereocenters. The van der Waals surface area contributed by atoms with E-state index >= 15 is 0 Å². The third kappa shape index (κ3) is 6.65. The standard InChI is InChI=1S/C63H40N4/c1-4-18-41(19-5-1)47-38-55(42-20-6-2-7-21-42)61-60(39-47)67(63(66-61)44-22-8-3-9-23-44)48-34-32-43(33-35-48)62-64-58(56-36-45-24-10-12-26-49(45)51-28-14-16-30-53(51)56)40-59(65-62)57-37-46-25-11-13-27-50(46)52-29-15-17-31-54(52)57/h1-40H. The second kappa shape index (κ2) is 15.9. The maximum atomic E-state index is 5.47. The lowest BCUT2D eigenvalue weighted by molar-refractivity contribution is 1.10. The van der Waals surface area contributed by atoms with Gasteiger partial charge in [-0.1, -0.05) is 188 Å².